The van der Waals surface area contributed by atoms with Gasteiger partial charge in [0.1, 0.15) is 11.4 Å². The molecule has 0 unspecified atom stereocenters. The standard InChI is InChI=1S/C31H37Cl2N11O4.ClH/c1-16-21(14-37-24(16)29(46)36-11-8-23(34)35)40-30(47)25-17(2)22(15-38-25)41-31(48)27-39-18(3)26(42-27)43-28(45)19-4-6-20(7-5-19)44(12-9-32)13-10-33;/h4-7,14-15,37-38H,8-13H2,1-3H3,(H3,34,35)(H,36,46)(H,39,42)(H,40,47)(H,41,48)(H,43,45);1H. The summed E-state index contributed by atoms with van der Waals surface area (Å²) in [4.78, 5) is 66.4. The third-order valence-corrected chi connectivity index (χ3v) is 7.78. The summed E-state index contributed by atoms with van der Waals surface area (Å²) in [7, 11) is 0. The molecule has 0 aliphatic heterocycles. The van der Waals surface area contributed by atoms with Gasteiger partial charge in [-0.25, -0.2) is 4.98 Å². The van der Waals surface area contributed by atoms with Gasteiger partial charge in [-0.05, 0) is 45.0 Å². The number of hydrogen-bond acceptors (Lipinski definition) is 7. The molecule has 0 bridgehead atoms. The number of imidazole rings is 1. The lowest BCUT2D eigenvalue weighted by Gasteiger charge is -2.22. The molecule has 4 amide bonds. The van der Waals surface area contributed by atoms with Gasteiger partial charge in [0.15, 0.2) is 11.6 Å². The van der Waals surface area contributed by atoms with Crippen molar-refractivity contribution in [2.24, 2.45) is 5.73 Å². The molecule has 3 aromatic heterocycles. The highest BCUT2D eigenvalue weighted by atomic mass is 35.5. The first kappa shape index (κ1) is 38.5. The van der Waals surface area contributed by atoms with Crippen LogP contribution in [0.3, 0.4) is 0 Å². The van der Waals surface area contributed by atoms with Crippen LogP contribution in [0, 0.1) is 26.2 Å². The van der Waals surface area contributed by atoms with Gasteiger partial charge >= 0.3 is 0 Å². The molecule has 0 atom stereocenters. The van der Waals surface area contributed by atoms with Crippen LogP contribution in [0.1, 0.15) is 65.2 Å². The molecular formula is C31H38Cl3N11O4. The van der Waals surface area contributed by atoms with E-state index in [1.54, 1.807) is 32.9 Å². The van der Waals surface area contributed by atoms with Gasteiger partial charge in [-0.3, -0.25) is 24.6 Å². The van der Waals surface area contributed by atoms with Crippen LogP contribution >= 0.6 is 35.6 Å². The molecule has 10 N–H and O–H groups in total. The molecular weight excluding hydrogens is 697 g/mol. The maximum Gasteiger partial charge on any atom is 0.291 e. The molecule has 4 aromatic rings. The number of alkyl halides is 2. The number of H-pyrrole nitrogens is 3. The second-order valence-electron chi connectivity index (χ2n) is 10.8. The molecule has 4 rings (SSSR count). The largest absolute Gasteiger partial charge is 0.388 e. The van der Waals surface area contributed by atoms with Crippen LogP contribution in [-0.4, -0.2) is 80.8 Å². The minimum Gasteiger partial charge on any atom is -0.388 e. The molecule has 0 aliphatic carbocycles. The molecule has 1 aromatic carbocycles. The Balaban J connectivity index is 0.00000650. The van der Waals surface area contributed by atoms with Crippen LogP contribution in [-0.2, 0) is 0 Å². The average Bonchev–Trinajstić information content (AvgIpc) is 3.73. The third kappa shape index (κ3) is 9.55. The number of aromatic amines is 3. The van der Waals surface area contributed by atoms with E-state index in [-0.39, 0.29) is 54.2 Å². The van der Waals surface area contributed by atoms with Crippen molar-refractivity contribution < 1.29 is 19.2 Å². The Morgan fingerprint density at radius 2 is 1.39 bits per heavy atom. The third-order valence-electron chi connectivity index (χ3n) is 7.45. The average molecular weight is 735 g/mol. The summed E-state index contributed by atoms with van der Waals surface area (Å²) >= 11 is 11.8. The van der Waals surface area contributed by atoms with Crippen molar-refractivity contribution in [2.45, 2.75) is 27.2 Å². The summed E-state index contributed by atoms with van der Waals surface area (Å²) in [5.41, 5.74) is 9.27. The quantitative estimate of drug-likeness (QED) is 0.0482. The van der Waals surface area contributed by atoms with Crippen molar-refractivity contribution in [3.8, 4) is 0 Å². The Kier molecular flexibility index (Phi) is 13.7. The Morgan fingerprint density at radius 3 is 1.94 bits per heavy atom. The molecule has 15 nitrogen and oxygen atoms in total. The first-order valence-electron chi connectivity index (χ1n) is 14.9. The molecule has 0 saturated carbocycles. The fourth-order valence-corrected chi connectivity index (χ4v) is 5.16. The van der Waals surface area contributed by atoms with Crippen molar-refractivity contribution in [3.63, 3.8) is 0 Å². The number of carbonyl (C=O) groups is 4. The van der Waals surface area contributed by atoms with Crippen molar-refractivity contribution in [2.75, 3.05) is 52.2 Å². The van der Waals surface area contributed by atoms with Crippen LogP contribution in [0.5, 0.6) is 0 Å². The van der Waals surface area contributed by atoms with Crippen LogP contribution in [0.4, 0.5) is 22.9 Å². The van der Waals surface area contributed by atoms with E-state index < -0.39 is 23.6 Å². The number of aryl methyl sites for hydroxylation is 1. The summed E-state index contributed by atoms with van der Waals surface area (Å²) in [6, 6.07) is 7.00. The summed E-state index contributed by atoms with van der Waals surface area (Å²) in [6.07, 6.45) is 3.19. The minimum absolute atomic E-state index is 0. The number of anilines is 4. The van der Waals surface area contributed by atoms with Crippen molar-refractivity contribution in [1.29, 1.82) is 5.41 Å². The van der Waals surface area contributed by atoms with Gasteiger partial charge in [0.2, 0.25) is 0 Å². The fraction of sp³-hybridized carbons (Fsp3) is 0.290. The predicted molar refractivity (Wildman–Crippen MR) is 194 cm³/mol. The van der Waals surface area contributed by atoms with E-state index in [0.717, 1.165) is 5.69 Å². The number of nitrogens with one attached hydrogen (secondary N) is 8. The van der Waals surface area contributed by atoms with E-state index in [0.29, 0.717) is 58.6 Å². The van der Waals surface area contributed by atoms with E-state index in [4.69, 9.17) is 34.3 Å². The zero-order chi connectivity index (χ0) is 35.0. The molecule has 0 spiro atoms. The molecule has 49 heavy (non-hydrogen) atoms. The van der Waals surface area contributed by atoms with Gasteiger partial charge in [-0.1, -0.05) is 0 Å². The lowest BCUT2D eigenvalue weighted by molar-refractivity contribution is 0.0947. The van der Waals surface area contributed by atoms with E-state index in [1.165, 1.54) is 12.4 Å². The normalized spacial score (nSPS) is 10.6. The molecule has 0 fully saturated rings. The second-order valence-corrected chi connectivity index (χ2v) is 11.5. The van der Waals surface area contributed by atoms with Gasteiger partial charge in [0, 0.05) is 72.6 Å². The van der Waals surface area contributed by atoms with Gasteiger partial charge in [-0.2, -0.15) is 0 Å². The maximum absolute atomic E-state index is 13.1. The summed E-state index contributed by atoms with van der Waals surface area (Å²) in [6.45, 7) is 6.46. The number of amidine groups is 1. The van der Waals surface area contributed by atoms with Crippen molar-refractivity contribution >= 4 is 88.0 Å². The molecule has 0 saturated heterocycles. The smallest absolute Gasteiger partial charge is 0.291 e. The number of rotatable bonds is 15. The van der Waals surface area contributed by atoms with Gasteiger partial charge in [0.25, 0.3) is 23.6 Å². The lowest BCUT2D eigenvalue weighted by Crippen LogP contribution is -2.28. The zero-order valence-corrected chi connectivity index (χ0v) is 29.3. The van der Waals surface area contributed by atoms with Crippen LogP contribution in [0.2, 0.25) is 0 Å². The van der Waals surface area contributed by atoms with E-state index in [2.05, 4.69) is 41.2 Å². The lowest BCUT2D eigenvalue weighted by atomic mass is 10.2. The maximum atomic E-state index is 13.1. The SMILES string of the molecule is Cc1[nH]c(C(=O)Nc2c[nH]c(C(=O)Nc3c[nH]c(C(=O)NCCC(=N)N)c3C)c2C)nc1NC(=O)c1ccc(N(CCCl)CCCl)cc1.Cl. The first-order valence-corrected chi connectivity index (χ1v) is 15.9. The number of nitrogens with zero attached hydrogens (tertiary/aromatic N) is 2. The van der Waals surface area contributed by atoms with Crippen LogP contribution in [0.25, 0.3) is 0 Å². The number of aromatic nitrogens is 4. The molecule has 0 aliphatic rings. The fourth-order valence-electron chi connectivity index (χ4n) is 4.75. The number of carbonyl (C=O) groups excluding carboxylic acids is 4. The number of halogens is 3. The molecule has 18 heteroatoms. The van der Waals surface area contributed by atoms with E-state index >= 15 is 0 Å². The monoisotopic (exact) mass is 733 g/mol. The van der Waals surface area contributed by atoms with Crippen molar-refractivity contribution in [1.82, 2.24) is 25.3 Å². The highest BCUT2D eigenvalue weighted by molar-refractivity contribution is 6.18. The Hall–Kier alpha value is -4.99. The minimum atomic E-state index is -0.586. The second kappa shape index (κ2) is 17.4. The van der Waals surface area contributed by atoms with Crippen LogP contribution in [0.15, 0.2) is 36.7 Å². The zero-order valence-electron chi connectivity index (χ0n) is 27.0. The summed E-state index contributed by atoms with van der Waals surface area (Å²) in [5, 5.41) is 18.1. The summed E-state index contributed by atoms with van der Waals surface area (Å²) < 4.78 is 0. The van der Waals surface area contributed by atoms with Crippen LogP contribution < -0.4 is 31.9 Å². The van der Waals surface area contributed by atoms with Gasteiger partial charge in [0.05, 0.1) is 22.9 Å². The molecule has 3 heterocycles. The Bertz CT molecular complexity index is 1810. The number of amides is 4. The van der Waals surface area contributed by atoms with E-state index in [1.807, 2.05) is 17.0 Å². The topological polar surface area (TPSA) is 230 Å². The highest BCUT2D eigenvalue weighted by Gasteiger charge is 2.22. The number of hydrogen-bond donors (Lipinski definition) is 9. The predicted octanol–water partition coefficient (Wildman–Crippen LogP) is 4.51. The number of nitrogens with two attached hydrogens (primary N) is 1. The van der Waals surface area contributed by atoms with E-state index in [9.17, 15) is 19.2 Å². The van der Waals surface area contributed by atoms with Gasteiger partial charge in [-0.15, -0.1) is 35.6 Å². The van der Waals surface area contributed by atoms with Crippen molar-refractivity contribution in [3.05, 3.63) is 76.3 Å². The number of benzene rings is 1. The molecule has 0 radical (unpaired) electrons. The summed E-state index contributed by atoms with van der Waals surface area (Å²) in [5.74, 6) is -0.876. The van der Waals surface area contributed by atoms with Gasteiger partial charge < -0.3 is 46.9 Å². The highest BCUT2D eigenvalue weighted by Crippen LogP contribution is 2.24. The Morgan fingerprint density at radius 1 is 0.837 bits per heavy atom. The molecule has 262 valence electrons. The first-order chi connectivity index (χ1) is 22.9. The Labute approximate surface area is 298 Å².